The normalized spacial score (nSPS) is 9.92. The van der Waals surface area contributed by atoms with Gasteiger partial charge in [0, 0.05) is 22.7 Å². The third kappa shape index (κ3) is 5.08. The third-order valence-corrected chi connectivity index (χ3v) is 3.49. The first-order valence-corrected chi connectivity index (χ1v) is 7.69. The Morgan fingerprint density at radius 1 is 1.15 bits per heavy atom. The molecule has 0 saturated carbocycles. The van der Waals surface area contributed by atoms with E-state index >= 15 is 0 Å². The number of halogens is 1. The summed E-state index contributed by atoms with van der Waals surface area (Å²) in [4.78, 5) is 33.7. The number of carbonyl (C=O) groups is 2. The van der Waals surface area contributed by atoms with Crippen molar-refractivity contribution >= 4 is 34.8 Å². The van der Waals surface area contributed by atoms with Gasteiger partial charge in [-0.1, -0.05) is 11.6 Å². The highest BCUT2D eigenvalue weighted by atomic mass is 35.5. The number of nitrogens with one attached hydrogen (secondary N) is 3. The van der Waals surface area contributed by atoms with E-state index in [0.717, 1.165) is 0 Å². The first-order valence-electron chi connectivity index (χ1n) is 7.31. The average Bonchev–Trinajstić information content (AvgIpc) is 2.64. The number of nitrogens with zero attached hydrogens (tertiary/aromatic N) is 1. The summed E-state index contributed by atoms with van der Waals surface area (Å²) >= 11 is 5.90. The summed E-state index contributed by atoms with van der Waals surface area (Å²) in [6.45, 7) is -0.142. The summed E-state index contributed by atoms with van der Waals surface area (Å²) in [5.74, 6) is -0.604. The van der Waals surface area contributed by atoms with Gasteiger partial charge in [-0.2, -0.15) is 0 Å². The van der Waals surface area contributed by atoms with Crippen LogP contribution in [0, 0.1) is 10.1 Å². The van der Waals surface area contributed by atoms with E-state index in [-0.39, 0.29) is 17.8 Å². The van der Waals surface area contributed by atoms with Gasteiger partial charge in [0.05, 0.1) is 24.3 Å². The molecule has 0 heterocycles. The van der Waals surface area contributed by atoms with E-state index < -0.39 is 16.7 Å². The van der Waals surface area contributed by atoms with E-state index in [0.29, 0.717) is 16.5 Å². The second-order valence-corrected chi connectivity index (χ2v) is 5.44. The Kier molecular flexibility index (Phi) is 6.34. The molecule has 2 aromatic rings. The fourth-order valence-corrected chi connectivity index (χ4v) is 2.14. The molecule has 9 nitrogen and oxygen atoms in total. The molecule has 0 aromatic heterocycles. The minimum Gasteiger partial charge on any atom is -0.495 e. The number of anilines is 1. The summed E-state index contributed by atoms with van der Waals surface area (Å²) in [6, 6.07) is 9.87. The van der Waals surface area contributed by atoms with Crippen molar-refractivity contribution in [1.82, 2.24) is 10.9 Å². The van der Waals surface area contributed by atoms with Crippen LogP contribution in [-0.2, 0) is 4.79 Å². The maximum Gasteiger partial charge on any atom is 0.269 e. The van der Waals surface area contributed by atoms with Crippen molar-refractivity contribution in [2.24, 2.45) is 0 Å². The number of non-ortho nitro benzene ring substituents is 1. The molecule has 0 atom stereocenters. The number of ether oxygens (including phenoxy) is 1. The lowest BCUT2D eigenvalue weighted by atomic mass is 10.2. The molecule has 0 radical (unpaired) electrons. The van der Waals surface area contributed by atoms with Crippen molar-refractivity contribution in [2.75, 3.05) is 19.0 Å². The summed E-state index contributed by atoms with van der Waals surface area (Å²) < 4.78 is 5.14. The van der Waals surface area contributed by atoms with Gasteiger partial charge >= 0.3 is 0 Å². The van der Waals surface area contributed by atoms with Crippen LogP contribution in [0.5, 0.6) is 5.75 Å². The van der Waals surface area contributed by atoms with Crippen molar-refractivity contribution in [2.45, 2.75) is 0 Å². The Balaban J connectivity index is 1.85. The van der Waals surface area contributed by atoms with Crippen LogP contribution in [0.3, 0.4) is 0 Å². The van der Waals surface area contributed by atoms with Gasteiger partial charge in [-0.15, -0.1) is 0 Å². The van der Waals surface area contributed by atoms with Gasteiger partial charge in [-0.3, -0.25) is 30.6 Å². The van der Waals surface area contributed by atoms with Gasteiger partial charge in [0.15, 0.2) is 0 Å². The zero-order valence-corrected chi connectivity index (χ0v) is 14.4. The van der Waals surface area contributed by atoms with Crippen molar-refractivity contribution < 1.29 is 19.2 Å². The van der Waals surface area contributed by atoms with Crippen LogP contribution in [-0.4, -0.2) is 30.4 Å². The summed E-state index contributed by atoms with van der Waals surface area (Å²) in [6.07, 6.45) is 0. The van der Waals surface area contributed by atoms with E-state index in [1.54, 1.807) is 18.2 Å². The topological polar surface area (TPSA) is 123 Å². The monoisotopic (exact) mass is 378 g/mol. The first-order chi connectivity index (χ1) is 12.4. The molecule has 0 unspecified atom stereocenters. The molecule has 0 aliphatic carbocycles. The van der Waals surface area contributed by atoms with E-state index in [1.165, 1.54) is 31.4 Å². The van der Waals surface area contributed by atoms with Crippen LogP contribution >= 0.6 is 11.6 Å². The molecular weight excluding hydrogens is 364 g/mol. The Labute approximate surface area is 153 Å². The predicted molar refractivity (Wildman–Crippen MR) is 95.2 cm³/mol. The highest BCUT2D eigenvalue weighted by molar-refractivity contribution is 6.30. The molecule has 3 N–H and O–H groups in total. The molecule has 0 fully saturated rings. The number of hydrazine groups is 1. The van der Waals surface area contributed by atoms with Crippen molar-refractivity contribution in [3.63, 3.8) is 0 Å². The number of amides is 2. The Hall–Kier alpha value is -3.33. The first kappa shape index (κ1) is 19.0. The Morgan fingerprint density at radius 3 is 2.46 bits per heavy atom. The number of nitro benzene ring substituents is 1. The van der Waals surface area contributed by atoms with Crippen molar-refractivity contribution in [3.05, 3.63) is 63.2 Å². The number of hydrogen-bond donors (Lipinski definition) is 3. The molecule has 0 saturated heterocycles. The molecule has 2 amide bonds. The van der Waals surface area contributed by atoms with Crippen LogP contribution in [0.15, 0.2) is 42.5 Å². The molecule has 0 spiro atoms. The number of hydrogen-bond acceptors (Lipinski definition) is 6. The summed E-state index contributed by atoms with van der Waals surface area (Å²) in [7, 11) is 1.49. The highest BCUT2D eigenvalue weighted by Crippen LogP contribution is 2.27. The van der Waals surface area contributed by atoms with E-state index in [9.17, 15) is 19.7 Å². The minimum atomic E-state index is -0.603. The standard InChI is InChI=1S/C16H15ClN4O5/c1-26-14-7-4-11(17)8-13(14)18-9-15(22)19-20-16(23)10-2-5-12(6-3-10)21(24)25/h2-8,18H,9H2,1H3,(H,19,22)(H,20,23). The van der Waals surface area contributed by atoms with Gasteiger partial charge in [-0.05, 0) is 30.3 Å². The largest absolute Gasteiger partial charge is 0.495 e. The lowest BCUT2D eigenvalue weighted by Gasteiger charge is -2.12. The summed E-state index contributed by atoms with van der Waals surface area (Å²) in [5, 5.41) is 13.9. The highest BCUT2D eigenvalue weighted by Gasteiger charge is 2.11. The number of carbonyl (C=O) groups excluding carboxylic acids is 2. The van der Waals surface area contributed by atoms with Crippen molar-refractivity contribution in [1.29, 1.82) is 0 Å². The van der Waals surface area contributed by atoms with Gasteiger partial charge in [-0.25, -0.2) is 0 Å². The molecule has 0 aliphatic rings. The van der Waals surface area contributed by atoms with Crippen LogP contribution in [0.1, 0.15) is 10.4 Å². The van der Waals surface area contributed by atoms with E-state index in [1.807, 2.05) is 0 Å². The van der Waals surface area contributed by atoms with Gasteiger partial charge in [0.2, 0.25) is 0 Å². The zero-order chi connectivity index (χ0) is 19.1. The van der Waals surface area contributed by atoms with Crippen molar-refractivity contribution in [3.8, 4) is 5.75 Å². The number of nitro groups is 1. The third-order valence-electron chi connectivity index (χ3n) is 3.26. The minimum absolute atomic E-state index is 0.134. The molecule has 2 rings (SSSR count). The maximum absolute atomic E-state index is 11.9. The van der Waals surface area contributed by atoms with Crippen LogP contribution in [0.25, 0.3) is 0 Å². The van der Waals surface area contributed by atoms with Gasteiger partial charge in [0.25, 0.3) is 17.5 Å². The number of benzene rings is 2. The maximum atomic E-state index is 11.9. The zero-order valence-electron chi connectivity index (χ0n) is 13.6. The van der Waals surface area contributed by atoms with E-state index in [4.69, 9.17) is 16.3 Å². The smallest absolute Gasteiger partial charge is 0.269 e. The lowest BCUT2D eigenvalue weighted by Crippen LogP contribution is -2.44. The Bertz CT molecular complexity index is 826. The lowest BCUT2D eigenvalue weighted by molar-refractivity contribution is -0.384. The molecule has 0 aliphatic heterocycles. The molecule has 10 heteroatoms. The molecule has 26 heavy (non-hydrogen) atoms. The number of rotatable bonds is 6. The summed E-state index contributed by atoms with van der Waals surface area (Å²) in [5.41, 5.74) is 5.01. The second-order valence-electron chi connectivity index (χ2n) is 5.00. The van der Waals surface area contributed by atoms with Gasteiger partial charge < -0.3 is 10.1 Å². The molecule has 136 valence electrons. The van der Waals surface area contributed by atoms with Gasteiger partial charge in [0.1, 0.15) is 5.75 Å². The molecule has 0 bridgehead atoms. The van der Waals surface area contributed by atoms with Crippen LogP contribution in [0.2, 0.25) is 5.02 Å². The SMILES string of the molecule is COc1ccc(Cl)cc1NCC(=O)NNC(=O)c1ccc([N+](=O)[O-])cc1. The second kappa shape index (κ2) is 8.67. The fourth-order valence-electron chi connectivity index (χ4n) is 1.97. The van der Waals surface area contributed by atoms with Crippen LogP contribution in [0.4, 0.5) is 11.4 Å². The Morgan fingerprint density at radius 2 is 1.85 bits per heavy atom. The van der Waals surface area contributed by atoms with E-state index in [2.05, 4.69) is 16.2 Å². The van der Waals surface area contributed by atoms with Crippen LogP contribution < -0.4 is 20.9 Å². The predicted octanol–water partition coefficient (Wildman–Crippen LogP) is 2.13. The number of methoxy groups -OCH3 is 1. The quantitative estimate of drug-likeness (QED) is 0.522. The average molecular weight is 379 g/mol. The molecular formula is C16H15ClN4O5. The fraction of sp³-hybridized carbons (Fsp3) is 0.125. The molecule has 2 aromatic carbocycles.